The van der Waals surface area contributed by atoms with E-state index in [0.717, 1.165) is 33.6 Å². The summed E-state index contributed by atoms with van der Waals surface area (Å²) in [5, 5.41) is 3.73. The van der Waals surface area contributed by atoms with Gasteiger partial charge in [0.05, 0.1) is 13.8 Å². The SMILES string of the molecule is CC(C)c1ccc2c(n1)oc1c(-c3ccccn3)ccc([Si](C)(C)C)c12. The molecular weight excluding hydrogens is 336 g/mol. The van der Waals surface area contributed by atoms with Crippen LogP contribution in [0.25, 0.3) is 33.3 Å². The van der Waals surface area contributed by atoms with Crippen molar-refractivity contribution in [2.75, 3.05) is 0 Å². The van der Waals surface area contributed by atoms with E-state index in [9.17, 15) is 0 Å². The van der Waals surface area contributed by atoms with Gasteiger partial charge in [-0.2, -0.15) is 0 Å². The van der Waals surface area contributed by atoms with Crippen molar-refractivity contribution in [1.82, 2.24) is 9.97 Å². The lowest BCUT2D eigenvalue weighted by molar-refractivity contribution is 0.648. The summed E-state index contributed by atoms with van der Waals surface area (Å²) in [6.45, 7) is 11.4. The van der Waals surface area contributed by atoms with E-state index in [1.807, 2.05) is 24.4 Å². The first-order chi connectivity index (χ1) is 12.4. The fraction of sp³-hybridized carbons (Fsp3) is 0.273. The molecule has 0 saturated carbocycles. The second-order valence-corrected chi connectivity index (χ2v) is 13.2. The van der Waals surface area contributed by atoms with Crippen molar-refractivity contribution in [2.24, 2.45) is 0 Å². The average Bonchev–Trinajstić information content (AvgIpc) is 2.99. The third kappa shape index (κ3) is 2.74. The Kier molecular flexibility index (Phi) is 3.96. The number of pyridine rings is 2. The Balaban J connectivity index is 2.12. The van der Waals surface area contributed by atoms with Crippen LogP contribution in [-0.2, 0) is 0 Å². The van der Waals surface area contributed by atoms with Gasteiger partial charge in [-0.3, -0.25) is 4.98 Å². The molecular formula is C22H24N2OSi. The van der Waals surface area contributed by atoms with Gasteiger partial charge in [-0.25, -0.2) is 4.98 Å². The normalized spacial score (nSPS) is 12.4. The van der Waals surface area contributed by atoms with Crippen molar-refractivity contribution in [3.05, 3.63) is 54.4 Å². The molecule has 0 fully saturated rings. The molecule has 0 amide bonds. The molecule has 0 aliphatic heterocycles. The lowest BCUT2D eigenvalue weighted by Gasteiger charge is -2.18. The summed E-state index contributed by atoms with van der Waals surface area (Å²) in [4.78, 5) is 9.34. The summed E-state index contributed by atoms with van der Waals surface area (Å²) in [6, 6.07) is 14.7. The number of furan rings is 1. The molecule has 0 aliphatic carbocycles. The minimum absolute atomic E-state index is 0.374. The maximum absolute atomic E-state index is 6.34. The number of hydrogen-bond acceptors (Lipinski definition) is 3. The van der Waals surface area contributed by atoms with Crippen LogP contribution in [0.2, 0.25) is 19.6 Å². The highest BCUT2D eigenvalue weighted by atomic mass is 28.3. The first kappa shape index (κ1) is 17.0. The van der Waals surface area contributed by atoms with E-state index in [4.69, 9.17) is 9.40 Å². The molecule has 0 aliphatic rings. The molecule has 0 unspecified atom stereocenters. The van der Waals surface area contributed by atoms with E-state index >= 15 is 0 Å². The Morgan fingerprint density at radius 2 is 1.77 bits per heavy atom. The Hall–Kier alpha value is -2.46. The Morgan fingerprint density at radius 1 is 0.962 bits per heavy atom. The van der Waals surface area contributed by atoms with Crippen LogP contribution in [0, 0.1) is 0 Å². The highest BCUT2D eigenvalue weighted by molar-refractivity contribution is 6.90. The predicted molar refractivity (Wildman–Crippen MR) is 112 cm³/mol. The first-order valence-electron chi connectivity index (χ1n) is 9.14. The molecule has 3 aromatic heterocycles. The van der Waals surface area contributed by atoms with Crippen LogP contribution in [0.5, 0.6) is 0 Å². The minimum Gasteiger partial charge on any atom is -0.437 e. The van der Waals surface area contributed by atoms with Crippen molar-refractivity contribution < 1.29 is 4.42 Å². The van der Waals surface area contributed by atoms with Crippen LogP contribution >= 0.6 is 0 Å². The first-order valence-corrected chi connectivity index (χ1v) is 12.6. The van der Waals surface area contributed by atoms with Crippen LogP contribution in [0.4, 0.5) is 0 Å². The van der Waals surface area contributed by atoms with Crippen LogP contribution in [0.3, 0.4) is 0 Å². The molecule has 4 aromatic rings. The van der Waals surface area contributed by atoms with Crippen molar-refractivity contribution in [1.29, 1.82) is 0 Å². The van der Waals surface area contributed by atoms with Gasteiger partial charge < -0.3 is 4.42 Å². The zero-order chi connectivity index (χ0) is 18.5. The van der Waals surface area contributed by atoms with Gasteiger partial charge in [-0.05, 0) is 41.4 Å². The number of benzene rings is 1. The molecule has 0 N–H and O–H groups in total. The molecule has 1 aromatic carbocycles. The van der Waals surface area contributed by atoms with Crippen LogP contribution in [-0.4, -0.2) is 18.0 Å². The second kappa shape index (κ2) is 6.06. The summed E-state index contributed by atoms with van der Waals surface area (Å²) in [5.41, 5.74) is 4.67. The minimum atomic E-state index is -1.55. The summed E-state index contributed by atoms with van der Waals surface area (Å²) >= 11 is 0. The molecule has 0 spiro atoms. The largest absolute Gasteiger partial charge is 0.437 e. The second-order valence-electron chi connectivity index (χ2n) is 8.18. The lowest BCUT2D eigenvalue weighted by atomic mass is 10.1. The smallest absolute Gasteiger partial charge is 0.227 e. The van der Waals surface area contributed by atoms with Gasteiger partial charge in [0.25, 0.3) is 0 Å². The molecule has 3 nitrogen and oxygen atoms in total. The molecule has 0 bridgehead atoms. The number of aromatic nitrogens is 2. The van der Waals surface area contributed by atoms with Crippen molar-refractivity contribution in [3.8, 4) is 11.3 Å². The van der Waals surface area contributed by atoms with Crippen LogP contribution < -0.4 is 5.19 Å². The van der Waals surface area contributed by atoms with E-state index in [1.165, 1.54) is 10.6 Å². The maximum Gasteiger partial charge on any atom is 0.227 e. The summed E-state index contributed by atoms with van der Waals surface area (Å²) in [6.07, 6.45) is 1.82. The molecule has 3 heterocycles. The van der Waals surface area contributed by atoms with Gasteiger partial charge in [-0.1, -0.05) is 45.6 Å². The maximum atomic E-state index is 6.34. The van der Waals surface area contributed by atoms with E-state index in [2.05, 4.69) is 62.7 Å². The quantitative estimate of drug-likeness (QED) is 0.439. The third-order valence-corrected chi connectivity index (χ3v) is 6.88. The fourth-order valence-electron chi connectivity index (χ4n) is 3.45. The third-order valence-electron chi connectivity index (χ3n) is 4.85. The van der Waals surface area contributed by atoms with Crippen LogP contribution in [0.15, 0.2) is 53.1 Å². The zero-order valence-electron chi connectivity index (χ0n) is 16.0. The molecule has 0 radical (unpaired) electrons. The highest BCUT2D eigenvalue weighted by Gasteiger charge is 2.25. The molecule has 26 heavy (non-hydrogen) atoms. The van der Waals surface area contributed by atoms with Crippen molar-refractivity contribution in [3.63, 3.8) is 0 Å². The highest BCUT2D eigenvalue weighted by Crippen LogP contribution is 2.35. The lowest BCUT2D eigenvalue weighted by Crippen LogP contribution is -2.37. The molecule has 0 atom stereocenters. The Bertz CT molecular complexity index is 1090. The molecule has 4 rings (SSSR count). The summed E-state index contributed by atoms with van der Waals surface area (Å²) < 4.78 is 6.34. The molecule has 4 heteroatoms. The number of hydrogen-bond donors (Lipinski definition) is 0. The van der Waals surface area contributed by atoms with Crippen molar-refractivity contribution >= 4 is 35.3 Å². The number of rotatable bonds is 3. The topological polar surface area (TPSA) is 38.9 Å². The molecule has 0 saturated heterocycles. The molecule has 132 valence electrons. The van der Waals surface area contributed by atoms with Crippen molar-refractivity contribution in [2.45, 2.75) is 39.4 Å². The average molecular weight is 361 g/mol. The van der Waals surface area contributed by atoms with E-state index in [-0.39, 0.29) is 0 Å². The van der Waals surface area contributed by atoms with Gasteiger partial charge in [0.2, 0.25) is 5.71 Å². The Labute approximate surface area is 155 Å². The monoisotopic (exact) mass is 360 g/mol. The zero-order valence-corrected chi connectivity index (χ0v) is 17.0. The van der Waals surface area contributed by atoms with Gasteiger partial charge in [0.15, 0.2) is 0 Å². The van der Waals surface area contributed by atoms with E-state index < -0.39 is 8.07 Å². The number of nitrogens with zero attached hydrogens (tertiary/aromatic N) is 2. The fourth-order valence-corrected chi connectivity index (χ4v) is 5.03. The Morgan fingerprint density at radius 3 is 2.42 bits per heavy atom. The van der Waals surface area contributed by atoms with Gasteiger partial charge in [0.1, 0.15) is 5.58 Å². The predicted octanol–water partition coefficient (Wildman–Crippen LogP) is 5.71. The van der Waals surface area contributed by atoms with Gasteiger partial charge >= 0.3 is 0 Å². The standard InChI is InChI=1S/C22H24N2OSi/c1-14(2)17-11-9-16-20-19(26(3,4)5)12-10-15(18-8-6-7-13-23-18)21(20)25-22(16)24-17/h6-14H,1-5H3. The van der Waals surface area contributed by atoms with Crippen LogP contribution in [0.1, 0.15) is 25.5 Å². The van der Waals surface area contributed by atoms with E-state index in [0.29, 0.717) is 5.92 Å². The van der Waals surface area contributed by atoms with Gasteiger partial charge in [0, 0.05) is 28.2 Å². The summed E-state index contributed by atoms with van der Waals surface area (Å²) in [5.74, 6) is 0.374. The number of fused-ring (bicyclic) bond motifs is 3. The van der Waals surface area contributed by atoms with Gasteiger partial charge in [-0.15, -0.1) is 0 Å². The summed E-state index contributed by atoms with van der Waals surface area (Å²) in [7, 11) is -1.55. The van der Waals surface area contributed by atoms with E-state index in [1.54, 1.807) is 0 Å².